The highest BCUT2D eigenvalue weighted by Gasteiger charge is 2.38. The molecule has 0 amide bonds. The van der Waals surface area contributed by atoms with Gasteiger partial charge in [-0.2, -0.15) is 5.10 Å². The summed E-state index contributed by atoms with van der Waals surface area (Å²) in [4.78, 5) is 0. The van der Waals surface area contributed by atoms with Gasteiger partial charge in [0.1, 0.15) is 0 Å². The first kappa shape index (κ1) is 14.6. The zero-order valence-corrected chi connectivity index (χ0v) is 13.6. The van der Waals surface area contributed by atoms with Gasteiger partial charge in [0.15, 0.2) is 0 Å². The number of rotatable bonds is 4. The maximum atomic E-state index is 6.18. The van der Waals surface area contributed by atoms with Crippen LogP contribution in [0.25, 0.3) is 0 Å². The molecule has 0 radical (unpaired) electrons. The van der Waals surface area contributed by atoms with Gasteiger partial charge in [-0.25, -0.2) is 0 Å². The number of hydrogen-bond donors (Lipinski definition) is 1. The fourth-order valence-corrected chi connectivity index (χ4v) is 3.54. The van der Waals surface area contributed by atoms with E-state index in [0.29, 0.717) is 6.04 Å². The van der Waals surface area contributed by atoms with Gasteiger partial charge in [0.25, 0.3) is 0 Å². The highest BCUT2D eigenvalue weighted by atomic mass is 35.5. The van der Waals surface area contributed by atoms with Crippen LogP contribution in [0.4, 0.5) is 0 Å². The van der Waals surface area contributed by atoms with Crippen molar-refractivity contribution in [3.05, 3.63) is 52.3 Å². The molecule has 1 atom stereocenters. The van der Waals surface area contributed by atoms with Crippen molar-refractivity contribution in [3.63, 3.8) is 0 Å². The summed E-state index contributed by atoms with van der Waals surface area (Å²) in [7, 11) is 1.95. The minimum Gasteiger partial charge on any atom is -0.309 e. The molecular formula is C17H22ClN3. The summed E-state index contributed by atoms with van der Waals surface area (Å²) >= 11 is 6.18. The standard InChI is InChI=1S/C17H22ClN3/c1-17(2)9-13-4-5-14(18)8-15(13)16(17)19-7-6-12-10-20-21(3)11-12/h4-5,8,10-11,16,19H,6-7,9H2,1-3H3. The van der Waals surface area contributed by atoms with E-state index < -0.39 is 0 Å². The van der Waals surface area contributed by atoms with Crippen molar-refractivity contribution < 1.29 is 0 Å². The van der Waals surface area contributed by atoms with Crippen molar-refractivity contribution in [1.82, 2.24) is 15.1 Å². The van der Waals surface area contributed by atoms with Crippen LogP contribution < -0.4 is 5.32 Å². The van der Waals surface area contributed by atoms with E-state index in [-0.39, 0.29) is 5.41 Å². The topological polar surface area (TPSA) is 29.9 Å². The maximum absolute atomic E-state index is 6.18. The second kappa shape index (κ2) is 5.47. The molecule has 0 spiro atoms. The van der Waals surface area contributed by atoms with Crippen LogP contribution in [0.2, 0.25) is 5.02 Å². The number of aryl methyl sites for hydroxylation is 1. The molecule has 1 aromatic carbocycles. The van der Waals surface area contributed by atoms with Gasteiger partial charge in [0.05, 0.1) is 6.20 Å². The van der Waals surface area contributed by atoms with Crippen LogP contribution in [-0.4, -0.2) is 16.3 Å². The molecule has 2 aromatic rings. The lowest BCUT2D eigenvalue weighted by Crippen LogP contribution is -2.32. The van der Waals surface area contributed by atoms with Gasteiger partial charge < -0.3 is 5.32 Å². The largest absolute Gasteiger partial charge is 0.309 e. The molecule has 0 saturated carbocycles. The predicted molar refractivity (Wildman–Crippen MR) is 86.6 cm³/mol. The Kier molecular flexibility index (Phi) is 3.80. The number of hydrogen-bond acceptors (Lipinski definition) is 2. The molecule has 112 valence electrons. The maximum Gasteiger partial charge on any atom is 0.0522 e. The van der Waals surface area contributed by atoms with Crippen molar-refractivity contribution in [2.75, 3.05) is 6.54 Å². The summed E-state index contributed by atoms with van der Waals surface area (Å²) in [5.41, 5.74) is 4.27. The molecule has 1 aliphatic carbocycles. The van der Waals surface area contributed by atoms with E-state index in [2.05, 4.69) is 42.6 Å². The number of benzene rings is 1. The SMILES string of the molecule is Cn1cc(CCNC2c3cc(Cl)ccc3CC2(C)C)cn1. The lowest BCUT2D eigenvalue weighted by atomic mass is 9.85. The van der Waals surface area contributed by atoms with Crippen LogP contribution >= 0.6 is 11.6 Å². The first-order valence-electron chi connectivity index (χ1n) is 7.45. The fraction of sp³-hybridized carbons (Fsp3) is 0.471. The Labute approximate surface area is 131 Å². The van der Waals surface area contributed by atoms with Gasteiger partial charge in [0, 0.05) is 24.3 Å². The highest BCUT2D eigenvalue weighted by Crippen LogP contribution is 2.45. The zero-order valence-electron chi connectivity index (χ0n) is 12.9. The van der Waals surface area contributed by atoms with E-state index in [1.165, 1.54) is 16.7 Å². The molecule has 1 aliphatic rings. The molecule has 21 heavy (non-hydrogen) atoms. The number of aromatic nitrogens is 2. The Balaban J connectivity index is 1.71. The van der Waals surface area contributed by atoms with Crippen LogP contribution in [0.3, 0.4) is 0 Å². The summed E-state index contributed by atoms with van der Waals surface area (Å²) in [5.74, 6) is 0. The molecule has 1 heterocycles. The average molecular weight is 304 g/mol. The molecule has 0 saturated heterocycles. The smallest absolute Gasteiger partial charge is 0.0522 e. The fourth-order valence-electron chi connectivity index (χ4n) is 3.36. The molecule has 0 fully saturated rings. The van der Waals surface area contributed by atoms with Gasteiger partial charge in [-0.05, 0) is 53.6 Å². The van der Waals surface area contributed by atoms with Gasteiger partial charge in [-0.1, -0.05) is 31.5 Å². The van der Waals surface area contributed by atoms with Crippen LogP contribution in [0, 0.1) is 5.41 Å². The normalized spacial score (nSPS) is 19.7. The van der Waals surface area contributed by atoms with Crippen molar-refractivity contribution in [2.24, 2.45) is 12.5 Å². The van der Waals surface area contributed by atoms with Gasteiger partial charge in [-0.15, -0.1) is 0 Å². The van der Waals surface area contributed by atoms with E-state index >= 15 is 0 Å². The van der Waals surface area contributed by atoms with Crippen molar-refractivity contribution in [1.29, 1.82) is 0 Å². The summed E-state index contributed by atoms with van der Waals surface area (Å²) < 4.78 is 1.85. The van der Waals surface area contributed by atoms with Crippen LogP contribution in [0.15, 0.2) is 30.6 Å². The molecule has 1 aromatic heterocycles. The molecule has 0 aliphatic heterocycles. The van der Waals surface area contributed by atoms with Gasteiger partial charge in [0.2, 0.25) is 0 Å². The van der Waals surface area contributed by atoms with E-state index in [1.807, 2.05) is 24.0 Å². The lowest BCUT2D eigenvalue weighted by molar-refractivity contribution is 0.271. The van der Waals surface area contributed by atoms with Crippen molar-refractivity contribution in [3.8, 4) is 0 Å². The Morgan fingerprint density at radius 3 is 2.95 bits per heavy atom. The summed E-state index contributed by atoms with van der Waals surface area (Å²) in [6, 6.07) is 6.65. The summed E-state index contributed by atoms with van der Waals surface area (Å²) in [5, 5.41) is 8.76. The Morgan fingerprint density at radius 2 is 2.24 bits per heavy atom. The minimum absolute atomic E-state index is 0.224. The lowest BCUT2D eigenvalue weighted by Gasteiger charge is -2.28. The van der Waals surface area contributed by atoms with E-state index in [4.69, 9.17) is 11.6 Å². The van der Waals surface area contributed by atoms with Crippen LogP contribution in [0.5, 0.6) is 0 Å². The molecule has 4 heteroatoms. The zero-order chi connectivity index (χ0) is 15.0. The van der Waals surface area contributed by atoms with Crippen LogP contribution in [-0.2, 0) is 19.9 Å². The monoisotopic (exact) mass is 303 g/mol. The summed E-state index contributed by atoms with van der Waals surface area (Å²) in [6.07, 6.45) is 6.11. The predicted octanol–water partition coefficient (Wildman–Crippen LogP) is 3.53. The Hall–Kier alpha value is -1.32. The number of halogens is 1. The van der Waals surface area contributed by atoms with Crippen molar-refractivity contribution >= 4 is 11.6 Å². The van der Waals surface area contributed by atoms with Gasteiger partial charge in [-0.3, -0.25) is 4.68 Å². The van der Waals surface area contributed by atoms with E-state index in [9.17, 15) is 0 Å². The van der Waals surface area contributed by atoms with Crippen LogP contribution in [0.1, 0.15) is 36.6 Å². The van der Waals surface area contributed by atoms with E-state index in [1.54, 1.807) is 0 Å². The Morgan fingerprint density at radius 1 is 1.43 bits per heavy atom. The third-order valence-electron chi connectivity index (χ3n) is 4.37. The third-order valence-corrected chi connectivity index (χ3v) is 4.60. The van der Waals surface area contributed by atoms with Gasteiger partial charge >= 0.3 is 0 Å². The van der Waals surface area contributed by atoms with Crippen molar-refractivity contribution in [2.45, 2.75) is 32.7 Å². The number of nitrogens with one attached hydrogen (secondary N) is 1. The first-order chi connectivity index (χ1) is 9.95. The third kappa shape index (κ3) is 2.99. The number of nitrogens with zero attached hydrogens (tertiary/aromatic N) is 2. The molecule has 3 rings (SSSR count). The second-order valence-corrected chi connectivity index (χ2v) is 7.10. The number of fused-ring (bicyclic) bond motifs is 1. The van der Waals surface area contributed by atoms with E-state index in [0.717, 1.165) is 24.4 Å². The highest BCUT2D eigenvalue weighted by molar-refractivity contribution is 6.30. The minimum atomic E-state index is 0.224. The molecular weight excluding hydrogens is 282 g/mol. The molecule has 1 N–H and O–H groups in total. The molecule has 1 unspecified atom stereocenters. The quantitative estimate of drug-likeness (QED) is 0.936. The summed E-state index contributed by atoms with van der Waals surface area (Å²) in [6.45, 7) is 5.59. The Bertz CT molecular complexity index is 645. The second-order valence-electron chi connectivity index (χ2n) is 6.67. The average Bonchev–Trinajstić information content (AvgIpc) is 2.92. The molecule has 0 bridgehead atoms. The first-order valence-corrected chi connectivity index (χ1v) is 7.83. The molecule has 3 nitrogen and oxygen atoms in total.